The Labute approximate surface area is 144 Å². The van der Waals surface area contributed by atoms with Crippen molar-refractivity contribution >= 4 is 11.8 Å². The Morgan fingerprint density at radius 3 is 2.46 bits per heavy atom. The molecule has 1 heterocycles. The van der Waals surface area contributed by atoms with E-state index in [1.165, 1.54) is 6.92 Å². The highest BCUT2D eigenvalue weighted by Gasteiger charge is 2.25. The van der Waals surface area contributed by atoms with Gasteiger partial charge in [0.2, 0.25) is 11.8 Å². The number of carbonyl (C=O) groups excluding carboxylic acids is 2. The Hall–Kier alpha value is -1.88. The molecule has 24 heavy (non-hydrogen) atoms. The van der Waals surface area contributed by atoms with Gasteiger partial charge in [0.25, 0.3) is 0 Å². The number of carbonyl (C=O) groups is 2. The largest absolute Gasteiger partial charge is 0.349 e. The highest BCUT2D eigenvalue weighted by atomic mass is 16.2. The number of benzene rings is 1. The van der Waals surface area contributed by atoms with Crippen molar-refractivity contribution in [1.82, 2.24) is 15.5 Å². The predicted molar refractivity (Wildman–Crippen MR) is 95.5 cm³/mol. The maximum Gasteiger partial charge on any atom is 0.224 e. The Balaban J connectivity index is 1.90. The number of rotatable bonds is 7. The Morgan fingerprint density at radius 1 is 1.21 bits per heavy atom. The third-order valence-electron chi connectivity index (χ3n) is 4.61. The molecular weight excluding hydrogens is 302 g/mol. The van der Waals surface area contributed by atoms with Crippen LogP contribution in [0.1, 0.15) is 44.7 Å². The normalized spacial score (nSPS) is 16.7. The number of amides is 2. The first-order chi connectivity index (χ1) is 11.6. The summed E-state index contributed by atoms with van der Waals surface area (Å²) in [5, 5.41) is 6.29. The van der Waals surface area contributed by atoms with Crippen LogP contribution in [0.25, 0.3) is 0 Å². The number of nitrogens with one attached hydrogen (secondary N) is 2. The maximum absolute atomic E-state index is 12.6. The van der Waals surface area contributed by atoms with Gasteiger partial charge in [0.1, 0.15) is 0 Å². The Morgan fingerprint density at radius 2 is 1.88 bits per heavy atom. The van der Waals surface area contributed by atoms with Crippen LogP contribution >= 0.6 is 0 Å². The van der Waals surface area contributed by atoms with Gasteiger partial charge in [-0.05, 0) is 37.4 Å². The van der Waals surface area contributed by atoms with E-state index < -0.39 is 0 Å². The fourth-order valence-corrected chi connectivity index (χ4v) is 3.22. The number of hydrogen-bond acceptors (Lipinski definition) is 3. The molecule has 5 nitrogen and oxygen atoms in total. The van der Waals surface area contributed by atoms with Crippen LogP contribution in [0.5, 0.6) is 0 Å². The number of likely N-dealkylation sites (tertiary alicyclic amines) is 1. The van der Waals surface area contributed by atoms with Gasteiger partial charge in [-0.15, -0.1) is 0 Å². The van der Waals surface area contributed by atoms with Gasteiger partial charge in [-0.3, -0.25) is 9.59 Å². The van der Waals surface area contributed by atoms with Gasteiger partial charge in [-0.2, -0.15) is 0 Å². The van der Waals surface area contributed by atoms with Crippen molar-refractivity contribution in [2.45, 2.75) is 39.2 Å². The molecule has 0 aromatic heterocycles. The Bertz CT molecular complexity index is 525. The lowest BCUT2D eigenvalue weighted by Crippen LogP contribution is -2.42. The fourth-order valence-electron chi connectivity index (χ4n) is 3.22. The fraction of sp³-hybridized carbons (Fsp3) is 0.579. The molecule has 1 atom stereocenters. The summed E-state index contributed by atoms with van der Waals surface area (Å²) in [6.07, 6.45) is 2.42. The zero-order valence-corrected chi connectivity index (χ0v) is 14.8. The van der Waals surface area contributed by atoms with E-state index in [9.17, 15) is 9.59 Å². The van der Waals surface area contributed by atoms with Crippen LogP contribution in [0.3, 0.4) is 0 Å². The first-order valence-electron chi connectivity index (χ1n) is 8.90. The van der Waals surface area contributed by atoms with Crippen LogP contribution in [0.4, 0.5) is 0 Å². The van der Waals surface area contributed by atoms with E-state index in [1.54, 1.807) is 0 Å². The van der Waals surface area contributed by atoms with Crippen LogP contribution in [0.2, 0.25) is 0 Å². The molecule has 1 aliphatic rings. The van der Waals surface area contributed by atoms with Crippen LogP contribution < -0.4 is 10.6 Å². The topological polar surface area (TPSA) is 61.4 Å². The second-order valence-corrected chi connectivity index (χ2v) is 6.50. The average molecular weight is 331 g/mol. The van der Waals surface area contributed by atoms with E-state index in [-0.39, 0.29) is 17.9 Å². The lowest BCUT2D eigenvalue weighted by molar-refractivity contribution is -0.133. The molecule has 0 bridgehead atoms. The van der Waals surface area contributed by atoms with E-state index in [0.717, 1.165) is 44.6 Å². The zero-order valence-electron chi connectivity index (χ0n) is 14.8. The van der Waals surface area contributed by atoms with Crippen molar-refractivity contribution in [2.75, 3.05) is 26.2 Å². The van der Waals surface area contributed by atoms with Gasteiger partial charge >= 0.3 is 0 Å². The van der Waals surface area contributed by atoms with Crippen LogP contribution in [-0.2, 0) is 9.59 Å². The number of piperidine rings is 1. The highest BCUT2D eigenvalue weighted by Crippen LogP contribution is 2.21. The molecule has 5 heteroatoms. The van der Waals surface area contributed by atoms with Crippen molar-refractivity contribution in [3.05, 3.63) is 35.9 Å². The first kappa shape index (κ1) is 18.5. The van der Waals surface area contributed by atoms with Crippen LogP contribution in [0.15, 0.2) is 30.3 Å². The minimum absolute atomic E-state index is 0.110. The van der Waals surface area contributed by atoms with Gasteiger partial charge in [0, 0.05) is 20.0 Å². The molecule has 132 valence electrons. The molecule has 1 fully saturated rings. The third kappa shape index (κ3) is 5.64. The smallest absolute Gasteiger partial charge is 0.224 e. The SMILES string of the molecule is CCNCC1CCN(C(=O)CC(NC(C)=O)c2ccccc2)CC1. The summed E-state index contributed by atoms with van der Waals surface area (Å²) in [6, 6.07) is 9.45. The van der Waals surface area contributed by atoms with Crippen molar-refractivity contribution in [3.63, 3.8) is 0 Å². The zero-order chi connectivity index (χ0) is 17.4. The quantitative estimate of drug-likeness (QED) is 0.804. The van der Waals surface area contributed by atoms with Crippen LogP contribution in [-0.4, -0.2) is 42.9 Å². The molecule has 1 unspecified atom stereocenters. The number of hydrogen-bond donors (Lipinski definition) is 2. The summed E-state index contributed by atoms with van der Waals surface area (Å²) in [7, 11) is 0. The summed E-state index contributed by atoms with van der Waals surface area (Å²) in [5.41, 5.74) is 0.975. The number of nitrogens with zero attached hydrogens (tertiary/aromatic N) is 1. The van der Waals surface area contributed by atoms with Gasteiger partial charge in [-0.1, -0.05) is 37.3 Å². The minimum Gasteiger partial charge on any atom is -0.349 e. The van der Waals surface area contributed by atoms with Gasteiger partial charge in [-0.25, -0.2) is 0 Å². The van der Waals surface area contributed by atoms with E-state index in [1.807, 2.05) is 35.2 Å². The lowest BCUT2D eigenvalue weighted by Gasteiger charge is -2.33. The molecule has 2 N–H and O–H groups in total. The lowest BCUT2D eigenvalue weighted by atomic mass is 9.95. The first-order valence-corrected chi connectivity index (χ1v) is 8.90. The summed E-state index contributed by atoms with van der Waals surface area (Å²) >= 11 is 0. The van der Waals surface area contributed by atoms with E-state index in [2.05, 4.69) is 17.6 Å². The summed E-state index contributed by atoms with van der Waals surface area (Å²) in [5.74, 6) is 0.676. The molecular formula is C19H29N3O2. The van der Waals surface area contributed by atoms with Crippen LogP contribution in [0, 0.1) is 5.92 Å². The predicted octanol–water partition coefficient (Wildman–Crippen LogP) is 2.10. The molecule has 0 radical (unpaired) electrons. The second kappa shape index (κ2) is 9.42. The van der Waals surface area contributed by atoms with Crippen molar-refractivity contribution in [2.24, 2.45) is 5.92 Å². The summed E-state index contributed by atoms with van der Waals surface area (Å²) in [6.45, 7) is 7.27. The molecule has 1 aromatic rings. The molecule has 2 rings (SSSR count). The van der Waals surface area contributed by atoms with Crippen molar-refractivity contribution in [1.29, 1.82) is 0 Å². The van der Waals surface area contributed by atoms with Crippen molar-refractivity contribution in [3.8, 4) is 0 Å². The summed E-state index contributed by atoms with van der Waals surface area (Å²) < 4.78 is 0. The van der Waals surface area contributed by atoms with E-state index >= 15 is 0 Å². The minimum atomic E-state index is -0.254. The molecule has 2 amide bonds. The molecule has 0 aliphatic carbocycles. The van der Waals surface area contributed by atoms with Crippen molar-refractivity contribution < 1.29 is 9.59 Å². The third-order valence-corrected chi connectivity index (χ3v) is 4.61. The summed E-state index contributed by atoms with van der Waals surface area (Å²) in [4.78, 5) is 26.1. The second-order valence-electron chi connectivity index (χ2n) is 6.50. The van der Waals surface area contributed by atoms with Gasteiger partial charge in [0.15, 0.2) is 0 Å². The standard InChI is InChI=1S/C19H29N3O2/c1-3-20-14-16-9-11-22(12-10-16)19(24)13-18(21-15(2)23)17-7-5-4-6-8-17/h4-8,16,18,20H,3,9-14H2,1-2H3,(H,21,23). The molecule has 0 spiro atoms. The van der Waals surface area contributed by atoms with E-state index in [0.29, 0.717) is 12.3 Å². The highest BCUT2D eigenvalue weighted by molar-refractivity contribution is 5.79. The molecule has 1 aliphatic heterocycles. The molecule has 0 saturated carbocycles. The maximum atomic E-state index is 12.6. The van der Waals surface area contributed by atoms with Gasteiger partial charge in [0.05, 0.1) is 12.5 Å². The molecule has 1 saturated heterocycles. The molecule has 1 aromatic carbocycles. The Kier molecular flexibility index (Phi) is 7.25. The average Bonchev–Trinajstić information content (AvgIpc) is 2.60. The van der Waals surface area contributed by atoms with Gasteiger partial charge < -0.3 is 15.5 Å². The monoisotopic (exact) mass is 331 g/mol. The van der Waals surface area contributed by atoms with E-state index in [4.69, 9.17) is 0 Å².